The van der Waals surface area contributed by atoms with Crippen molar-refractivity contribution < 1.29 is 8.42 Å². The van der Waals surface area contributed by atoms with E-state index in [1.807, 2.05) is 0 Å². The molecule has 0 radical (unpaired) electrons. The monoisotopic (exact) mass is 309 g/mol. The van der Waals surface area contributed by atoms with Gasteiger partial charge in [0.2, 0.25) is 10.0 Å². The van der Waals surface area contributed by atoms with Gasteiger partial charge in [0, 0.05) is 25.0 Å². The van der Waals surface area contributed by atoms with E-state index in [0.717, 1.165) is 0 Å². The molecule has 0 amide bonds. The first-order valence-corrected chi connectivity index (χ1v) is 8.09. The summed E-state index contributed by atoms with van der Waals surface area (Å²) in [6, 6.07) is 3.43. The molecule has 0 fully saturated rings. The van der Waals surface area contributed by atoms with E-state index in [-0.39, 0.29) is 4.90 Å². The van der Waals surface area contributed by atoms with E-state index < -0.39 is 10.0 Å². The lowest BCUT2D eigenvalue weighted by atomic mass is 10.1. The number of nitrogens with zero attached hydrogens (tertiary/aromatic N) is 3. The SMILES string of the molecule is Cc1ccc(N)c(C)c1S(=O)(=O)NCCCn1ccnn1. The number of aryl methyl sites for hydroxylation is 2. The van der Waals surface area contributed by atoms with E-state index in [1.54, 1.807) is 43.1 Å². The van der Waals surface area contributed by atoms with E-state index >= 15 is 0 Å². The summed E-state index contributed by atoms with van der Waals surface area (Å²) in [5.41, 5.74) is 7.54. The van der Waals surface area contributed by atoms with Gasteiger partial charge in [-0.15, -0.1) is 5.10 Å². The number of nitrogens with one attached hydrogen (secondary N) is 1. The van der Waals surface area contributed by atoms with Crippen LogP contribution in [0.1, 0.15) is 17.5 Å². The van der Waals surface area contributed by atoms with Crippen LogP contribution >= 0.6 is 0 Å². The third-order valence-electron chi connectivity index (χ3n) is 3.24. The number of hydrogen-bond donors (Lipinski definition) is 2. The van der Waals surface area contributed by atoms with E-state index in [4.69, 9.17) is 5.73 Å². The van der Waals surface area contributed by atoms with Crippen molar-refractivity contribution in [3.8, 4) is 0 Å². The fourth-order valence-corrected chi connectivity index (χ4v) is 3.70. The van der Waals surface area contributed by atoms with Crippen molar-refractivity contribution in [1.29, 1.82) is 0 Å². The van der Waals surface area contributed by atoms with Crippen molar-refractivity contribution in [2.45, 2.75) is 31.7 Å². The van der Waals surface area contributed by atoms with Crippen LogP contribution in [0, 0.1) is 13.8 Å². The highest BCUT2D eigenvalue weighted by Gasteiger charge is 2.20. The van der Waals surface area contributed by atoms with Crippen LogP contribution in [0.5, 0.6) is 0 Å². The number of nitrogen functional groups attached to an aromatic ring is 1. The summed E-state index contributed by atoms with van der Waals surface area (Å²) in [5, 5.41) is 7.51. The van der Waals surface area contributed by atoms with Crippen LogP contribution in [-0.4, -0.2) is 30.0 Å². The van der Waals surface area contributed by atoms with Gasteiger partial charge < -0.3 is 5.73 Å². The molecule has 114 valence electrons. The molecule has 3 N–H and O–H groups in total. The number of sulfonamides is 1. The van der Waals surface area contributed by atoms with Crippen molar-refractivity contribution in [2.75, 3.05) is 12.3 Å². The molecule has 0 saturated carbocycles. The molecule has 21 heavy (non-hydrogen) atoms. The fraction of sp³-hybridized carbons (Fsp3) is 0.385. The van der Waals surface area contributed by atoms with Crippen LogP contribution in [0.2, 0.25) is 0 Å². The van der Waals surface area contributed by atoms with Crippen LogP contribution < -0.4 is 10.5 Å². The summed E-state index contributed by atoms with van der Waals surface area (Å²) in [6.45, 7) is 4.41. The van der Waals surface area contributed by atoms with E-state index in [0.29, 0.717) is 36.3 Å². The molecule has 0 aliphatic heterocycles. The molecule has 0 bridgehead atoms. The van der Waals surface area contributed by atoms with Crippen LogP contribution in [0.25, 0.3) is 0 Å². The normalized spacial score (nSPS) is 11.7. The quantitative estimate of drug-likeness (QED) is 0.608. The molecule has 0 spiro atoms. The van der Waals surface area contributed by atoms with Crippen molar-refractivity contribution in [3.05, 3.63) is 35.7 Å². The topological polar surface area (TPSA) is 103 Å². The van der Waals surface area contributed by atoms with Gasteiger partial charge in [0.25, 0.3) is 0 Å². The Morgan fingerprint density at radius 1 is 1.33 bits per heavy atom. The molecule has 0 unspecified atom stereocenters. The molecule has 2 rings (SSSR count). The lowest BCUT2D eigenvalue weighted by Crippen LogP contribution is -2.27. The van der Waals surface area contributed by atoms with Crippen molar-refractivity contribution in [3.63, 3.8) is 0 Å². The van der Waals surface area contributed by atoms with Crippen LogP contribution in [0.3, 0.4) is 0 Å². The Morgan fingerprint density at radius 3 is 2.76 bits per heavy atom. The predicted molar refractivity (Wildman–Crippen MR) is 80.2 cm³/mol. The molecule has 1 aromatic carbocycles. The largest absolute Gasteiger partial charge is 0.398 e. The average molecular weight is 309 g/mol. The van der Waals surface area contributed by atoms with Gasteiger partial charge in [-0.05, 0) is 37.5 Å². The molecular formula is C13H19N5O2S. The van der Waals surface area contributed by atoms with Crippen molar-refractivity contribution >= 4 is 15.7 Å². The minimum atomic E-state index is -3.56. The summed E-state index contributed by atoms with van der Waals surface area (Å²) in [5.74, 6) is 0. The highest BCUT2D eigenvalue weighted by atomic mass is 32.2. The molecule has 0 aliphatic rings. The van der Waals surface area contributed by atoms with Gasteiger partial charge in [-0.1, -0.05) is 11.3 Å². The minimum Gasteiger partial charge on any atom is -0.398 e. The Hall–Kier alpha value is -1.93. The molecule has 0 atom stereocenters. The second-order valence-corrected chi connectivity index (χ2v) is 6.55. The second-order valence-electron chi connectivity index (χ2n) is 4.84. The van der Waals surface area contributed by atoms with E-state index in [9.17, 15) is 8.42 Å². The summed E-state index contributed by atoms with van der Waals surface area (Å²) < 4.78 is 29.0. The first-order valence-electron chi connectivity index (χ1n) is 6.61. The number of nitrogens with two attached hydrogens (primary N) is 1. The van der Waals surface area contributed by atoms with Crippen LogP contribution in [0.15, 0.2) is 29.4 Å². The number of anilines is 1. The molecule has 0 aliphatic carbocycles. The molecule has 1 heterocycles. The molecular weight excluding hydrogens is 290 g/mol. The highest BCUT2D eigenvalue weighted by molar-refractivity contribution is 7.89. The zero-order chi connectivity index (χ0) is 15.5. The molecule has 2 aromatic rings. The first-order chi connectivity index (χ1) is 9.92. The third kappa shape index (κ3) is 3.59. The first kappa shape index (κ1) is 15.5. The maximum absolute atomic E-state index is 12.4. The minimum absolute atomic E-state index is 0.267. The zero-order valence-electron chi connectivity index (χ0n) is 12.1. The van der Waals surface area contributed by atoms with Crippen LogP contribution in [-0.2, 0) is 16.6 Å². The lowest BCUT2D eigenvalue weighted by molar-refractivity contribution is 0.542. The zero-order valence-corrected chi connectivity index (χ0v) is 12.9. The Kier molecular flexibility index (Phi) is 4.59. The van der Waals surface area contributed by atoms with Gasteiger partial charge in [-0.2, -0.15) is 0 Å². The Bertz CT molecular complexity index is 710. The molecule has 0 saturated heterocycles. The maximum atomic E-state index is 12.4. The average Bonchev–Trinajstić information content (AvgIpc) is 2.92. The third-order valence-corrected chi connectivity index (χ3v) is 4.99. The second kappa shape index (κ2) is 6.23. The predicted octanol–water partition coefficient (Wildman–Crippen LogP) is 0.846. The Balaban J connectivity index is 2.04. The number of benzene rings is 1. The number of aromatic nitrogens is 3. The number of rotatable bonds is 6. The molecule has 7 nitrogen and oxygen atoms in total. The van der Waals surface area contributed by atoms with Gasteiger partial charge in [0.1, 0.15) is 0 Å². The molecule has 1 aromatic heterocycles. The van der Waals surface area contributed by atoms with Gasteiger partial charge >= 0.3 is 0 Å². The fourth-order valence-electron chi connectivity index (χ4n) is 2.13. The number of hydrogen-bond acceptors (Lipinski definition) is 5. The molecule has 8 heteroatoms. The van der Waals surface area contributed by atoms with Gasteiger partial charge in [0.15, 0.2) is 0 Å². The van der Waals surface area contributed by atoms with Gasteiger partial charge in [0.05, 0.1) is 11.1 Å². The van der Waals surface area contributed by atoms with E-state index in [2.05, 4.69) is 15.0 Å². The summed E-state index contributed by atoms with van der Waals surface area (Å²) in [4.78, 5) is 0.267. The van der Waals surface area contributed by atoms with Crippen molar-refractivity contribution in [2.24, 2.45) is 0 Å². The van der Waals surface area contributed by atoms with E-state index in [1.165, 1.54) is 0 Å². The van der Waals surface area contributed by atoms with Gasteiger partial charge in [-0.25, -0.2) is 13.1 Å². The lowest BCUT2D eigenvalue weighted by Gasteiger charge is -2.13. The summed E-state index contributed by atoms with van der Waals surface area (Å²) in [6.07, 6.45) is 3.95. The Labute approximate surface area is 124 Å². The standard InChI is InChI=1S/C13H19N5O2S/c1-10-4-5-12(14)11(2)13(10)21(19,20)16-6-3-8-18-9-7-15-17-18/h4-5,7,9,16H,3,6,8,14H2,1-2H3. The maximum Gasteiger partial charge on any atom is 0.241 e. The van der Waals surface area contributed by atoms with Crippen molar-refractivity contribution in [1.82, 2.24) is 19.7 Å². The summed E-state index contributed by atoms with van der Waals surface area (Å²) in [7, 11) is -3.56. The van der Waals surface area contributed by atoms with Gasteiger partial charge in [-0.3, -0.25) is 4.68 Å². The summed E-state index contributed by atoms with van der Waals surface area (Å²) >= 11 is 0. The Morgan fingerprint density at radius 2 is 2.10 bits per heavy atom. The highest BCUT2D eigenvalue weighted by Crippen LogP contribution is 2.24. The van der Waals surface area contributed by atoms with Crippen LogP contribution in [0.4, 0.5) is 5.69 Å². The smallest absolute Gasteiger partial charge is 0.241 e.